The molecule has 3 aliphatic rings. The predicted molar refractivity (Wildman–Crippen MR) is 141 cm³/mol. The number of hydrogen-bond donors (Lipinski definition) is 2. The van der Waals surface area contributed by atoms with E-state index in [9.17, 15) is 9.59 Å². The van der Waals surface area contributed by atoms with Gasteiger partial charge in [-0.3, -0.25) is 20.1 Å². The van der Waals surface area contributed by atoms with E-state index in [1.54, 1.807) is 23.1 Å². The molecule has 1 amide bonds. The summed E-state index contributed by atoms with van der Waals surface area (Å²) in [6.07, 6.45) is 5.15. The largest absolute Gasteiger partial charge is 0.490 e. The van der Waals surface area contributed by atoms with Gasteiger partial charge < -0.3 is 14.4 Å². The number of hydrogen-bond acceptors (Lipinski definition) is 7. The van der Waals surface area contributed by atoms with E-state index in [0.29, 0.717) is 28.8 Å². The summed E-state index contributed by atoms with van der Waals surface area (Å²) in [4.78, 5) is 31.0. The van der Waals surface area contributed by atoms with Gasteiger partial charge >= 0.3 is 0 Å². The molecule has 190 valence electrons. The highest BCUT2D eigenvalue weighted by molar-refractivity contribution is 7.11. The Balaban J connectivity index is 1.30. The van der Waals surface area contributed by atoms with Gasteiger partial charge in [0.2, 0.25) is 11.0 Å². The van der Waals surface area contributed by atoms with Gasteiger partial charge in [-0.2, -0.15) is 4.98 Å². The number of aromatic amines is 1. The zero-order valence-electron chi connectivity index (χ0n) is 20.4. The Hall–Kier alpha value is -4.18. The predicted octanol–water partition coefficient (Wildman–Crippen LogP) is 1.54. The number of likely N-dealkylation sites (tertiary alicyclic amines) is 1. The molecule has 2 aromatic carbocycles. The maximum atomic E-state index is 12.7. The van der Waals surface area contributed by atoms with Gasteiger partial charge in [0, 0.05) is 19.2 Å². The number of aryl methyl sites for hydroxylation is 1. The summed E-state index contributed by atoms with van der Waals surface area (Å²) in [5.41, 5.74) is 1.36. The first kappa shape index (κ1) is 24.5. The Labute approximate surface area is 216 Å². The zero-order valence-corrected chi connectivity index (χ0v) is 21.2. The average Bonchev–Trinajstić information content (AvgIpc) is 3.56. The summed E-state index contributed by atoms with van der Waals surface area (Å²) in [6.45, 7) is 4.33. The van der Waals surface area contributed by atoms with Crippen molar-refractivity contribution in [3.05, 3.63) is 85.4 Å². The van der Waals surface area contributed by atoms with Gasteiger partial charge in [-0.1, -0.05) is 35.6 Å². The minimum absolute atomic E-state index is 0.0202. The summed E-state index contributed by atoms with van der Waals surface area (Å²) < 4.78 is 13.4. The fourth-order valence-electron chi connectivity index (χ4n) is 4.10. The maximum absolute atomic E-state index is 12.7. The third-order valence-electron chi connectivity index (χ3n) is 5.99. The molecule has 2 aromatic rings. The van der Waals surface area contributed by atoms with Crippen LogP contribution in [0.2, 0.25) is 0 Å². The molecule has 0 aliphatic carbocycles. The number of amides is 1. The highest BCUT2D eigenvalue weighted by atomic mass is 32.1. The number of nitrogens with zero attached hydrogens (tertiary/aromatic N) is 3. The van der Waals surface area contributed by atoms with Crippen molar-refractivity contribution in [2.45, 2.75) is 19.8 Å². The van der Waals surface area contributed by atoms with E-state index in [4.69, 9.17) is 14.9 Å². The number of aromatic nitrogens is 3. The first-order valence-corrected chi connectivity index (χ1v) is 12.9. The lowest BCUT2D eigenvalue weighted by molar-refractivity contribution is -0.123. The maximum Gasteiger partial charge on any atom is 0.283 e. The number of carbonyl (C=O) groups excluding carboxylic acids is 1. The second kappa shape index (κ2) is 10.8. The van der Waals surface area contributed by atoms with Crippen molar-refractivity contribution in [2.24, 2.45) is 0 Å². The molecule has 2 N–H and O–H groups in total. The van der Waals surface area contributed by atoms with Gasteiger partial charge in [0.15, 0.2) is 5.49 Å². The molecule has 0 radical (unpaired) electrons. The summed E-state index contributed by atoms with van der Waals surface area (Å²) in [5, 5.41) is 12.1. The van der Waals surface area contributed by atoms with E-state index >= 15 is 0 Å². The Morgan fingerprint density at radius 1 is 1.11 bits per heavy atom. The van der Waals surface area contributed by atoms with Crippen molar-refractivity contribution in [2.75, 3.05) is 26.3 Å². The van der Waals surface area contributed by atoms with Crippen molar-refractivity contribution < 1.29 is 14.3 Å². The Morgan fingerprint density at radius 3 is 2.57 bits per heavy atom. The van der Waals surface area contributed by atoms with Gasteiger partial charge in [0.25, 0.3) is 5.56 Å². The number of fused-ring (bicyclic) bond motifs is 1. The number of ether oxygens (including phenoxy) is 2. The van der Waals surface area contributed by atoms with Gasteiger partial charge in [-0.15, -0.1) is 0 Å². The highest BCUT2D eigenvalue weighted by Gasteiger charge is 2.17. The molecule has 10 heteroatoms. The molecule has 0 bridgehead atoms. The molecule has 3 aliphatic heterocycles. The molecule has 0 unspecified atom stereocenters. The van der Waals surface area contributed by atoms with Crippen LogP contribution in [0.3, 0.4) is 0 Å². The van der Waals surface area contributed by atoms with Crippen molar-refractivity contribution in [3.63, 3.8) is 0 Å². The van der Waals surface area contributed by atoms with Crippen LogP contribution in [0.25, 0.3) is 17.3 Å². The van der Waals surface area contributed by atoms with Gasteiger partial charge in [0.05, 0.1) is 5.22 Å². The van der Waals surface area contributed by atoms with Gasteiger partial charge in [-0.05, 0) is 61.2 Å². The van der Waals surface area contributed by atoms with E-state index in [1.165, 1.54) is 22.1 Å². The van der Waals surface area contributed by atoms with Crippen LogP contribution in [0.5, 0.6) is 11.5 Å². The molecule has 1 fully saturated rings. The lowest BCUT2D eigenvalue weighted by Gasteiger charge is -2.10. The summed E-state index contributed by atoms with van der Waals surface area (Å²) in [5.74, 6) is 1.41. The molecule has 9 nitrogen and oxygen atoms in total. The van der Waals surface area contributed by atoms with E-state index in [2.05, 4.69) is 10.1 Å². The van der Waals surface area contributed by atoms with Crippen LogP contribution in [0.1, 0.15) is 24.0 Å². The number of H-pyrrole nitrogens is 1. The van der Waals surface area contributed by atoms with Crippen molar-refractivity contribution in [1.29, 1.82) is 5.41 Å². The highest BCUT2D eigenvalue weighted by Crippen LogP contribution is 2.14. The van der Waals surface area contributed by atoms with Crippen LogP contribution in [0.4, 0.5) is 0 Å². The minimum atomic E-state index is -0.494. The van der Waals surface area contributed by atoms with E-state index in [1.807, 2.05) is 43.3 Å². The molecule has 3 heterocycles. The van der Waals surface area contributed by atoms with Crippen LogP contribution < -0.4 is 30.4 Å². The smallest absolute Gasteiger partial charge is 0.283 e. The molecular formula is C27H27N5O4S. The Kier molecular flexibility index (Phi) is 7.18. The molecular weight excluding hydrogens is 490 g/mol. The number of nitrogens with one attached hydrogen (secondary N) is 2. The van der Waals surface area contributed by atoms with Crippen LogP contribution in [0.15, 0.2) is 53.3 Å². The zero-order chi connectivity index (χ0) is 25.8. The minimum Gasteiger partial charge on any atom is -0.490 e. The number of benzene rings is 2. The topological polar surface area (TPSA) is 113 Å². The first-order valence-electron chi connectivity index (χ1n) is 12.1. The molecule has 0 spiro atoms. The quantitative estimate of drug-likeness (QED) is 0.361. The fourth-order valence-corrected chi connectivity index (χ4v) is 4.95. The standard InChI is InChI=1S/C27H27N5O4S/c1-18-5-4-6-21(15-18)36-14-13-35-20-9-7-19(8-10-20)16-22-25(28)32-27(29-26(22)34)37-23(30-32)17-24(33)31-11-2-3-12-31/h4-10,15-17,28,30H,2-3,11-14H2,1H3/b22-16-,23-17+,28-25?. The first-order chi connectivity index (χ1) is 18.0. The van der Waals surface area contributed by atoms with E-state index in [-0.39, 0.29) is 16.6 Å². The molecule has 0 atom stereocenters. The second-order valence-corrected chi connectivity index (χ2v) is 9.79. The van der Waals surface area contributed by atoms with Crippen LogP contribution in [-0.2, 0) is 4.79 Å². The molecule has 37 heavy (non-hydrogen) atoms. The van der Waals surface area contributed by atoms with Gasteiger partial charge in [-0.25, -0.2) is 4.68 Å². The van der Waals surface area contributed by atoms with Crippen LogP contribution in [0, 0.1) is 12.3 Å². The molecule has 1 saturated heterocycles. The SMILES string of the molecule is Cc1cccc(OCCOc2ccc(/C=c3\c(=O)nc4s/c(=C/C(=O)N5CCCC5)[nH]n-4c3=N)cc2)c1. The van der Waals surface area contributed by atoms with E-state index < -0.39 is 5.56 Å². The van der Waals surface area contributed by atoms with Crippen molar-refractivity contribution >= 4 is 29.4 Å². The van der Waals surface area contributed by atoms with Crippen molar-refractivity contribution in [1.82, 2.24) is 19.7 Å². The van der Waals surface area contributed by atoms with Gasteiger partial charge in [0.1, 0.15) is 29.4 Å². The van der Waals surface area contributed by atoms with Crippen LogP contribution >= 0.6 is 11.3 Å². The molecule has 5 rings (SSSR count). The third kappa shape index (κ3) is 5.80. The summed E-state index contributed by atoms with van der Waals surface area (Å²) in [6, 6.07) is 15.1. The fraction of sp³-hybridized carbons (Fsp3) is 0.259. The Morgan fingerprint density at radius 2 is 1.84 bits per heavy atom. The molecule has 0 aromatic heterocycles. The van der Waals surface area contributed by atoms with E-state index in [0.717, 1.165) is 42.8 Å². The number of carbonyl (C=O) groups is 1. The monoisotopic (exact) mass is 517 g/mol. The molecule has 0 saturated carbocycles. The summed E-state index contributed by atoms with van der Waals surface area (Å²) >= 11 is 1.17. The third-order valence-corrected chi connectivity index (χ3v) is 6.88. The summed E-state index contributed by atoms with van der Waals surface area (Å²) in [7, 11) is 0. The van der Waals surface area contributed by atoms with Crippen molar-refractivity contribution in [3.8, 4) is 16.6 Å². The average molecular weight is 518 g/mol. The normalized spacial score (nSPS) is 14.5. The lowest BCUT2D eigenvalue weighted by atomic mass is 10.2. The lowest BCUT2D eigenvalue weighted by Crippen LogP contribution is -2.47. The Bertz CT molecular complexity index is 1610. The van der Waals surface area contributed by atoms with Crippen LogP contribution in [-0.4, -0.2) is 51.9 Å². The second-order valence-electron chi connectivity index (χ2n) is 8.78. The number of rotatable bonds is 7.